The summed E-state index contributed by atoms with van der Waals surface area (Å²) in [5.41, 5.74) is 5.37. The Balaban J connectivity index is 1.66. The highest BCUT2D eigenvalue weighted by atomic mass is 32.1. The summed E-state index contributed by atoms with van der Waals surface area (Å²) >= 11 is 5.85. The minimum Gasteiger partial charge on any atom is -0.497 e. The molecule has 5 rings (SSSR count). The van der Waals surface area contributed by atoms with Crippen molar-refractivity contribution in [2.75, 3.05) is 12.0 Å². The first-order valence-corrected chi connectivity index (χ1v) is 11.2. The van der Waals surface area contributed by atoms with Crippen molar-refractivity contribution in [3.05, 3.63) is 102 Å². The first-order valence-electron chi connectivity index (χ1n) is 10.8. The normalized spacial score (nSPS) is 17.8. The Morgan fingerprint density at radius 2 is 1.67 bits per heavy atom. The van der Waals surface area contributed by atoms with E-state index in [0.717, 1.165) is 34.3 Å². The van der Waals surface area contributed by atoms with E-state index in [2.05, 4.69) is 44.7 Å². The van der Waals surface area contributed by atoms with Crippen molar-refractivity contribution in [2.24, 2.45) is 0 Å². The molecule has 7 heteroatoms. The molecule has 4 aromatic rings. The average molecular weight is 456 g/mol. The first-order chi connectivity index (χ1) is 16.1. The van der Waals surface area contributed by atoms with Gasteiger partial charge in [0.15, 0.2) is 5.11 Å². The lowest BCUT2D eigenvalue weighted by Crippen LogP contribution is -2.29. The molecule has 1 saturated heterocycles. The molecule has 0 saturated carbocycles. The number of hydrogen-bond donors (Lipinski definition) is 1. The number of nitrogens with one attached hydrogen (secondary N) is 1. The van der Waals surface area contributed by atoms with Gasteiger partial charge in [0.25, 0.3) is 0 Å². The Labute approximate surface area is 198 Å². The molecule has 2 unspecified atom stereocenters. The van der Waals surface area contributed by atoms with Gasteiger partial charge in [-0.05, 0) is 86.2 Å². The summed E-state index contributed by atoms with van der Waals surface area (Å²) < 4.78 is 7.55. The highest BCUT2D eigenvalue weighted by molar-refractivity contribution is 7.80. The van der Waals surface area contributed by atoms with Gasteiger partial charge >= 0.3 is 0 Å². The highest BCUT2D eigenvalue weighted by Gasteiger charge is 2.42. The first kappa shape index (κ1) is 21.2. The minimum absolute atomic E-state index is 0.0792. The summed E-state index contributed by atoms with van der Waals surface area (Å²) in [6, 6.07) is 22.0. The maximum atomic E-state index is 5.85. The number of hydrogen-bond acceptors (Lipinski definition) is 4. The second-order valence-corrected chi connectivity index (χ2v) is 8.43. The number of benzene rings is 1. The largest absolute Gasteiger partial charge is 0.497 e. The third-order valence-corrected chi connectivity index (χ3v) is 6.43. The number of rotatable bonds is 5. The van der Waals surface area contributed by atoms with Crippen LogP contribution in [0.4, 0.5) is 5.69 Å². The number of aromatic nitrogens is 3. The second-order valence-electron chi connectivity index (χ2n) is 8.04. The van der Waals surface area contributed by atoms with Crippen LogP contribution >= 0.6 is 12.2 Å². The van der Waals surface area contributed by atoms with Gasteiger partial charge < -0.3 is 19.5 Å². The number of aryl methyl sites for hydroxylation is 1. The fourth-order valence-corrected chi connectivity index (χ4v) is 4.96. The molecule has 166 valence electrons. The van der Waals surface area contributed by atoms with E-state index in [0.29, 0.717) is 5.11 Å². The third-order valence-electron chi connectivity index (χ3n) is 6.12. The van der Waals surface area contributed by atoms with E-state index in [9.17, 15) is 0 Å². The van der Waals surface area contributed by atoms with Gasteiger partial charge in [0, 0.05) is 29.5 Å². The van der Waals surface area contributed by atoms with Crippen LogP contribution < -0.4 is 15.0 Å². The van der Waals surface area contributed by atoms with E-state index in [4.69, 9.17) is 17.0 Å². The predicted octanol–water partition coefficient (Wildman–Crippen LogP) is 5.07. The van der Waals surface area contributed by atoms with Crippen LogP contribution in [0.2, 0.25) is 0 Å². The molecule has 0 amide bonds. The van der Waals surface area contributed by atoms with Crippen LogP contribution in [0.25, 0.3) is 5.82 Å². The topological polar surface area (TPSA) is 55.2 Å². The van der Waals surface area contributed by atoms with E-state index in [1.807, 2.05) is 73.1 Å². The number of anilines is 1. The molecular formula is C26H25N5OS. The van der Waals surface area contributed by atoms with Gasteiger partial charge in [0.2, 0.25) is 0 Å². The van der Waals surface area contributed by atoms with Crippen molar-refractivity contribution < 1.29 is 4.74 Å². The molecule has 1 aliphatic heterocycles. The van der Waals surface area contributed by atoms with Crippen LogP contribution in [-0.2, 0) is 0 Å². The van der Waals surface area contributed by atoms with E-state index in [1.54, 1.807) is 7.11 Å². The number of ether oxygens (including phenoxy) is 1. The zero-order valence-electron chi connectivity index (χ0n) is 18.8. The lowest BCUT2D eigenvalue weighted by molar-refractivity contribution is 0.415. The monoisotopic (exact) mass is 455 g/mol. The van der Waals surface area contributed by atoms with Crippen molar-refractivity contribution in [1.82, 2.24) is 19.9 Å². The number of methoxy groups -OCH3 is 1. The van der Waals surface area contributed by atoms with Gasteiger partial charge in [-0.2, -0.15) is 0 Å². The van der Waals surface area contributed by atoms with E-state index in [-0.39, 0.29) is 12.1 Å². The Bertz CT molecular complexity index is 1270. The maximum Gasteiger partial charge on any atom is 0.174 e. The molecule has 3 aromatic heterocycles. The van der Waals surface area contributed by atoms with Crippen molar-refractivity contribution in [3.63, 3.8) is 0 Å². The molecule has 1 N–H and O–H groups in total. The number of nitrogens with zero attached hydrogens (tertiary/aromatic N) is 4. The second kappa shape index (κ2) is 8.67. The molecule has 0 bridgehead atoms. The van der Waals surface area contributed by atoms with Crippen molar-refractivity contribution in [2.45, 2.75) is 25.9 Å². The van der Waals surface area contributed by atoms with Crippen LogP contribution in [0.5, 0.6) is 5.75 Å². The van der Waals surface area contributed by atoms with E-state index >= 15 is 0 Å². The van der Waals surface area contributed by atoms with Crippen LogP contribution in [0, 0.1) is 13.8 Å². The van der Waals surface area contributed by atoms with Crippen LogP contribution in [0.3, 0.4) is 0 Å². The molecule has 2 atom stereocenters. The van der Waals surface area contributed by atoms with Crippen molar-refractivity contribution in [3.8, 4) is 11.6 Å². The standard InChI is InChI=1S/C26H25N5OS/c1-17-16-21(18(2)30(17)23-9-5-7-15-28-23)25-24(22-8-4-6-14-27-22)29-26(33)31(25)19-10-12-20(32-3)13-11-19/h4-16,24-25H,1-3H3,(H,29,33). The minimum atomic E-state index is -0.0986. The Morgan fingerprint density at radius 3 is 2.30 bits per heavy atom. The quantitative estimate of drug-likeness (QED) is 0.424. The molecule has 0 spiro atoms. The lowest BCUT2D eigenvalue weighted by Gasteiger charge is -2.28. The molecular weight excluding hydrogens is 430 g/mol. The summed E-state index contributed by atoms with van der Waals surface area (Å²) in [5, 5.41) is 4.20. The Hall–Kier alpha value is -3.71. The zero-order chi connectivity index (χ0) is 22.9. The summed E-state index contributed by atoms with van der Waals surface area (Å²) in [5.74, 6) is 1.71. The van der Waals surface area contributed by atoms with E-state index in [1.165, 1.54) is 5.56 Å². The molecule has 1 aliphatic rings. The Morgan fingerprint density at radius 1 is 0.939 bits per heavy atom. The highest BCUT2D eigenvalue weighted by Crippen LogP contribution is 2.43. The zero-order valence-corrected chi connectivity index (χ0v) is 19.6. The fourth-order valence-electron chi connectivity index (χ4n) is 4.62. The SMILES string of the molecule is COc1ccc(N2C(=S)NC(c3ccccn3)C2c2cc(C)n(-c3ccccn3)c2C)cc1. The van der Waals surface area contributed by atoms with Crippen molar-refractivity contribution in [1.29, 1.82) is 0 Å². The van der Waals surface area contributed by atoms with Gasteiger partial charge in [-0.3, -0.25) is 4.98 Å². The smallest absolute Gasteiger partial charge is 0.174 e. The lowest BCUT2D eigenvalue weighted by atomic mass is 9.96. The number of thiocarbonyl (C=S) groups is 1. The van der Waals surface area contributed by atoms with E-state index < -0.39 is 0 Å². The molecule has 4 heterocycles. The number of pyridine rings is 2. The van der Waals surface area contributed by atoms with Crippen LogP contribution in [0.15, 0.2) is 79.1 Å². The van der Waals surface area contributed by atoms with Gasteiger partial charge in [0.1, 0.15) is 11.6 Å². The molecule has 33 heavy (non-hydrogen) atoms. The van der Waals surface area contributed by atoms with Gasteiger partial charge in [-0.25, -0.2) is 4.98 Å². The van der Waals surface area contributed by atoms with Crippen molar-refractivity contribution >= 4 is 23.0 Å². The molecule has 1 aromatic carbocycles. The molecule has 0 radical (unpaired) electrons. The predicted molar refractivity (Wildman–Crippen MR) is 134 cm³/mol. The average Bonchev–Trinajstić information content (AvgIpc) is 3.35. The van der Waals surface area contributed by atoms with Gasteiger partial charge in [0.05, 0.1) is 24.9 Å². The van der Waals surface area contributed by atoms with Gasteiger partial charge in [-0.1, -0.05) is 12.1 Å². The van der Waals surface area contributed by atoms with Crippen LogP contribution in [-0.4, -0.2) is 26.8 Å². The molecule has 0 aliphatic carbocycles. The fraction of sp³-hybridized carbons (Fsp3) is 0.192. The molecule has 6 nitrogen and oxygen atoms in total. The summed E-state index contributed by atoms with van der Waals surface area (Å²) in [7, 11) is 1.67. The maximum absolute atomic E-state index is 5.85. The molecule has 1 fully saturated rings. The summed E-state index contributed by atoms with van der Waals surface area (Å²) in [6.45, 7) is 4.25. The Kier molecular flexibility index (Phi) is 5.56. The van der Waals surface area contributed by atoms with Gasteiger partial charge in [-0.15, -0.1) is 0 Å². The third kappa shape index (κ3) is 3.74. The summed E-state index contributed by atoms with van der Waals surface area (Å²) in [4.78, 5) is 11.4. The summed E-state index contributed by atoms with van der Waals surface area (Å²) in [6.07, 6.45) is 3.64. The van der Waals surface area contributed by atoms with Crippen LogP contribution in [0.1, 0.15) is 34.7 Å².